The van der Waals surface area contributed by atoms with Gasteiger partial charge in [0, 0.05) is 33.6 Å². The highest BCUT2D eigenvalue weighted by Gasteiger charge is 2.29. The maximum Gasteiger partial charge on any atom is 0.261 e. The zero-order valence-corrected chi connectivity index (χ0v) is 27.5. The van der Waals surface area contributed by atoms with Gasteiger partial charge in [-0.05, 0) is 107 Å². The molecule has 0 spiro atoms. The number of fused-ring (bicyclic) bond motifs is 1. The Morgan fingerprint density at radius 1 is 0.957 bits per heavy atom. The predicted molar refractivity (Wildman–Crippen MR) is 185 cm³/mol. The first-order valence-corrected chi connectivity index (χ1v) is 16.0. The average Bonchev–Trinajstić information content (AvgIpc) is 3.33. The van der Waals surface area contributed by atoms with Crippen LogP contribution in [0, 0.1) is 6.92 Å². The van der Waals surface area contributed by atoms with Gasteiger partial charge in [-0.15, -0.1) is 0 Å². The van der Waals surface area contributed by atoms with Crippen molar-refractivity contribution < 1.29 is 19.1 Å². The molecule has 12 nitrogen and oxygen atoms in total. The van der Waals surface area contributed by atoms with E-state index >= 15 is 0 Å². The molecule has 0 aliphatic carbocycles. The highest BCUT2D eigenvalue weighted by molar-refractivity contribution is 7.97. The smallest absolute Gasteiger partial charge is 0.261 e. The van der Waals surface area contributed by atoms with Crippen LogP contribution in [0.25, 0.3) is 0 Å². The Labute approximate surface area is 278 Å². The number of carbonyl (C=O) groups excluding carboxylic acids is 3. The number of nitrogens with zero attached hydrogens (tertiary/aromatic N) is 2. The van der Waals surface area contributed by atoms with Gasteiger partial charge in [-0.3, -0.25) is 24.4 Å². The summed E-state index contributed by atoms with van der Waals surface area (Å²) in [5.41, 5.74) is 3.43. The van der Waals surface area contributed by atoms with Gasteiger partial charge < -0.3 is 26.0 Å². The Balaban J connectivity index is 1.04. The number of anilines is 5. The zero-order valence-electron chi connectivity index (χ0n) is 26.7. The fraction of sp³-hybridized carbons (Fsp3) is 0.265. The maximum absolute atomic E-state index is 12.4. The lowest BCUT2D eigenvalue weighted by molar-refractivity contribution is -0.115. The van der Waals surface area contributed by atoms with Gasteiger partial charge in [-0.25, -0.2) is 4.98 Å². The van der Waals surface area contributed by atoms with Crippen molar-refractivity contribution in [2.45, 2.75) is 44.6 Å². The molecule has 244 valence electrons. The normalized spacial score (nSPS) is 12.3. The van der Waals surface area contributed by atoms with E-state index in [0.717, 1.165) is 21.8 Å². The van der Waals surface area contributed by atoms with Crippen molar-refractivity contribution in [1.29, 1.82) is 0 Å². The predicted octanol–water partition coefficient (Wildman–Crippen LogP) is 5.55. The molecule has 2 heterocycles. The Kier molecular flexibility index (Phi) is 10.7. The number of aryl methyl sites for hydroxylation is 1. The summed E-state index contributed by atoms with van der Waals surface area (Å²) in [6, 6.07) is 20.4. The molecule has 0 atom stereocenters. The summed E-state index contributed by atoms with van der Waals surface area (Å²) in [4.78, 5) is 46.4. The molecular formula is C34H38N8O4S. The molecule has 0 bridgehead atoms. The van der Waals surface area contributed by atoms with Crippen LogP contribution in [-0.4, -0.2) is 52.9 Å². The third-order valence-electron chi connectivity index (χ3n) is 6.74. The summed E-state index contributed by atoms with van der Waals surface area (Å²) < 4.78 is 9.27. The third kappa shape index (κ3) is 9.51. The Morgan fingerprint density at radius 3 is 2.53 bits per heavy atom. The lowest BCUT2D eigenvalue weighted by Crippen LogP contribution is -2.30. The minimum atomic E-state index is -0.512. The van der Waals surface area contributed by atoms with E-state index in [9.17, 15) is 14.4 Å². The van der Waals surface area contributed by atoms with Gasteiger partial charge in [0.2, 0.25) is 11.9 Å². The van der Waals surface area contributed by atoms with Crippen molar-refractivity contribution in [1.82, 2.24) is 25.3 Å². The van der Waals surface area contributed by atoms with Crippen molar-refractivity contribution in [2.24, 2.45) is 0 Å². The van der Waals surface area contributed by atoms with Crippen LogP contribution < -0.4 is 36.0 Å². The molecule has 5 rings (SSSR count). The van der Waals surface area contributed by atoms with E-state index in [1.54, 1.807) is 36.3 Å². The second kappa shape index (κ2) is 15.1. The number of carbonyl (C=O) groups is 3. The minimum Gasteiger partial charge on any atom is -0.494 e. The van der Waals surface area contributed by atoms with Crippen LogP contribution in [0.15, 0.2) is 77.8 Å². The van der Waals surface area contributed by atoms with Crippen LogP contribution in [-0.2, 0) is 4.79 Å². The molecule has 1 aliphatic rings. The van der Waals surface area contributed by atoms with E-state index < -0.39 is 11.8 Å². The number of aromatic nitrogens is 2. The zero-order chi connectivity index (χ0) is 33.4. The Hall–Kier alpha value is -4.98. The van der Waals surface area contributed by atoms with Gasteiger partial charge in [-0.2, -0.15) is 4.98 Å². The van der Waals surface area contributed by atoms with Crippen LogP contribution in [0.4, 0.5) is 28.8 Å². The Bertz CT molecular complexity index is 1760. The molecular weight excluding hydrogens is 616 g/mol. The number of benzene rings is 3. The highest BCUT2D eigenvalue weighted by atomic mass is 32.2. The molecule has 0 radical (unpaired) electrons. The van der Waals surface area contributed by atoms with E-state index in [1.165, 1.54) is 0 Å². The second-order valence-electron chi connectivity index (χ2n) is 11.9. The van der Waals surface area contributed by atoms with E-state index in [4.69, 9.17) is 4.74 Å². The van der Waals surface area contributed by atoms with Crippen LogP contribution >= 0.6 is 11.9 Å². The standard InChI is InChI=1S/C34H38N8O4S/c1-21-19-36-33(40-30(21)37-23-8-5-9-25(18-23)47-42-34(2,3)4)38-22-12-14-24(15-13-22)46-17-7-16-35-20-28(43)39-27-11-6-10-26-29(27)32(45)41-31(26)44/h5-6,8-15,18-19,35,42H,7,16-17,20H2,1-4H3,(H,39,43)(H,41,44,45)(H2,36,37,38,40). The molecule has 47 heavy (non-hydrogen) atoms. The molecule has 13 heteroatoms. The van der Waals surface area contributed by atoms with Crippen molar-refractivity contribution in [3.8, 4) is 5.75 Å². The molecule has 6 N–H and O–H groups in total. The molecule has 0 saturated heterocycles. The number of nitrogens with one attached hydrogen (secondary N) is 6. The summed E-state index contributed by atoms with van der Waals surface area (Å²) in [5.74, 6) is 0.607. The maximum atomic E-state index is 12.4. The van der Waals surface area contributed by atoms with Crippen LogP contribution in [0.1, 0.15) is 53.5 Å². The molecule has 3 amide bonds. The number of rotatable bonds is 14. The fourth-order valence-corrected chi connectivity index (χ4v) is 5.24. The van der Waals surface area contributed by atoms with Gasteiger partial charge in [0.05, 0.1) is 30.0 Å². The van der Waals surface area contributed by atoms with Crippen molar-refractivity contribution >= 4 is 58.5 Å². The summed E-state index contributed by atoms with van der Waals surface area (Å²) in [6.45, 7) is 9.41. The SMILES string of the molecule is Cc1cnc(Nc2ccc(OCCCNCC(=O)Nc3cccc4c3C(=O)NC4=O)cc2)nc1Nc1cccc(SNC(C)(C)C)c1. The average molecular weight is 655 g/mol. The lowest BCUT2D eigenvalue weighted by atomic mass is 10.1. The molecule has 4 aromatic rings. The van der Waals surface area contributed by atoms with Gasteiger partial charge in [0.15, 0.2) is 0 Å². The van der Waals surface area contributed by atoms with E-state index in [-0.39, 0.29) is 29.1 Å². The number of hydrogen-bond donors (Lipinski definition) is 6. The minimum absolute atomic E-state index is 0.0000536. The van der Waals surface area contributed by atoms with Gasteiger partial charge in [-0.1, -0.05) is 12.1 Å². The van der Waals surface area contributed by atoms with Crippen molar-refractivity contribution in [3.05, 3.63) is 89.6 Å². The largest absolute Gasteiger partial charge is 0.494 e. The summed E-state index contributed by atoms with van der Waals surface area (Å²) in [5, 5.41) is 14.6. The van der Waals surface area contributed by atoms with Crippen LogP contribution in [0.2, 0.25) is 0 Å². The monoisotopic (exact) mass is 654 g/mol. The quantitative estimate of drug-likeness (QED) is 0.0575. The summed E-state index contributed by atoms with van der Waals surface area (Å²) >= 11 is 1.59. The number of imide groups is 1. The van der Waals surface area contributed by atoms with Gasteiger partial charge >= 0.3 is 0 Å². The molecule has 0 unspecified atom stereocenters. The first kappa shape index (κ1) is 33.4. The van der Waals surface area contributed by atoms with E-state index in [1.807, 2.05) is 43.3 Å². The second-order valence-corrected chi connectivity index (χ2v) is 12.8. The first-order chi connectivity index (χ1) is 22.5. The van der Waals surface area contributed by atoms with Crippen molar-refractivity contribution in [2.75, 3.05) is 35.6 Å². The first-order valence-electron chi connectivity index (χ1n) is 15.2. The third-order valence-corrected chi connectivity index (χ3v) is 7.95. The topological polar surface area (TPSA) is 158 Å². The van der Waals surface area contributed by atoms with Crippen molar-refractivity contribution in [3.63, 3.8) is 0 Å². The van der Waals surface area contributed by atoms with Crippen LogP contribution in [0.3, 0.4) is 0 Å². The molecule has 1 aliphatic heterocycles. The van der Waals surface area contributed by atoms with Crippen LogP contribution in [0.5, 0.6) is 5.75 Å². The lowest BCUT2D eigenvalue weighted by Gasteiger charge is -2.19. The van der Waals surface area contributed by atoms with E-state index in [0.29, 0.717) is 42.8 Å². The Morgan fingerprint density at radius 2 is 1.74 bits per heavy atom. The van der Waals surface area contributed by atoms with E-state index in [2.05, 4.69) is 74.2 Å². The highest BCUT2D eigenvalue weighted by Crippen LogP contribution is 2.27. The molecule has 0 saturated carbocycles. The fourth-order valence-electron chi connectivity index (χ4n) is 4.49. The molecule has 3 aromatic carbocycles. The number of ether oxygens (including phenoxy) is 1. The number of hydrogen-bond acceptors (Lipinski definition) is 11. The molecule has 0 fully saturated rings. The summed E-state index contributed by atoms with van der Waals surface area (Å²) in [7, 11) is 0. The van der Waals surface area contributed by atoms with Gasteiger partial charge in [0.25, 0.3) is 11.8 Å². The molecule has 1 aromatic heterocycles. The summed E-state index contributed by atoms with van der Waals surface area (Å²) in [6.07, 6.45) is 2.45. The van der Waals surface area contributed by atoms with Gasteiger partial charge in [0.1, 0.15) is 11.6 Å². The number of amides is 3.